The Kier molecular flexibility index (Phi) is 6.50. The molecule has 132 valence electrons. The van der Waals surface area contributed by atoms with E-state index in [1.165, 1.54) is 31.0 Å². The van der Waals surface area contributed by atoms with Gasteiger partial charge in [-0.2, -0.15) is 18.3 Å². The van der Waals surface area contributed by atoms with Crippen LogP contribution in [0.1, 0.15) is 22.3 Å². The molecule has 2 aromatic rings. The Hall–Kier alpha value is -1.99. The van der Waals surface area contributed by atoms with Gasteiger partial charge in [0.2, 0.25) is 0 Å². The smallest absolute Gasteiger partial charge is 0.377 e. The fourth-order valence-electron chi connectivity index (χ4n) is 2.02. The van der Waals surface area contributed by atoms with Gasteiger partial charge in [0.05, 0.1) is 16.8 Å². The second-order valence-corrected chi connectivity index (χ2v) is 6.47. The lowest BCUT2D eigenvalue weighted by Crippen LogP contribution is -2.08. The van der Waals surface area contributed by atoms with Crippen molar-refractivity contribution in [3.05, 3.63) is 69.7 Å². The molecule has 3 nitrogen and oxygen atoms in total. The molecule has 0 aliphatic carbocycles. The van der Waals surface area contributed by atoms with E-state index in [1.54, 1.807) is 0 Å². The molecule has 0 amide bonds. The molecular weight excluding hydrogens is 371 g/mol. The number of benzene rings is 2. The van der Waals surface area contributed by atoms with Crippen molar-refractivity contribution in [3.8, 4) is 0 Å². The molecule has 0 aromatic heterocycles. The first-order chi connectivity index (χ1) is 11.8. The summed E-state index contributed by atoms with van der Waals surface area (Å²) in [5.41, 5.74) is 6.37. The first-order valence-electron chi connectivity index (χ1n) is 7.18. The highest BCUT2D eigenvalue weighted by atomic mass is 35.5. The number of hydrogen-bond donors (Lipinski definition) is 1. The van der Waals surface area contributed by atoms with Gasteiger partial charge >= 0.3 is 6.18 Å². The van der Waals surface area contributed by atoms with E-state index in [0.717, 1.165) is 11.6 Å². The van der Waals surface area contributed by atoms with E-state index in [-0.39, 0.29) is 15.8 Å². The van der Waals surface area contributed by atoms with E-state index in [0.29, 0.717) is 11.3 Å². The summed E-state index contributed by atoms with van der Waals surface area (Å²) >= 11 is 7.29. The van der Waals surface area contributed by atoms with Gasteiger partial charge in [0, 0.05) is 11.3 Å². The molecule has 0 heterocycles. The second kappa shape index (κ2) is 8.40. The Morgan fingerprint density at radius 2 is 1.88 bits per heavy atom. The van der Waals surface area contributed by atoms with Gasteiger partial charge in [-0.05, 0) is 24.1 Å². The zero-order valence-electron chi connectivity index (χ0n) is 13.2. The molecule has 0 spiro atoms. The largest absolute Gasteiger partial charge is 0.416 e. The van der Waals surface area contributed by atoms with Crippen molar-refractivity contribution in [1.29, 1.82) is 0 Å². The average Bonchev–Trinajstić information content (AvgIpc) is 2.56. The van der Waals surface area contributed by atoms with Crippen LogP contribution in [0.3, 0.4) is 0 Å². The van der Waals surface area contributed by atoms with Crippen LogP contribution < -0.4 is 5.73 Å². The van der Waals surface area contributed by atoms with E-state index in [4.69, 9.17) is 17.3 Å². The zero-order valence-corrected chi connectivity index (χ0v) is 14.8. The summed E-state index contributed by atoms with van der Waals surface area (Å²) < 4.78 is 38.4. The van der Waals surface area contributed by atoms with Crippen LogP contribution in [0.25, 0.3) is 0 Å². The van der Waals surface area contributed by atoms with Crippen LogP contribution in [0.4, 0.5) is 13.2 Å². The second-order valence-electron chi connectivity index (χ2n) is 5.10. The lowest BCUT2D eigenvalue weighted by atomic mass is 10.1. The molecule has 8 heteroatoms. The summed E-state index contributed by atoms with van der Waals surface area (Å²) in [6.07, 6.45) is -3.16. The van der Waals surface area contributed by atoms with Gasteiger partial charge in [0.25, 0.3) is 0 Å². The number of nitrogens with zero attached hydrogens (tertiary/aromatic N) is 2. The van der Waals surface area contributed by atoms with Crippen molar-refractivity contribution < 1.29 is 13.2 Å². The number of thioether (sulfide) groups is 1. The van der Waals surface area contributed by atoms with E-state index >= 15 is 0 Å². The zero-order chi connectivity index (χ0) is 18.4. The van der Waals surface area contributed by atoms with Crippen LogP contribution in [0.5, 0.6) is 0 Å². The number of rotatable bonds is 4. The monoisotopic (exact) mass is 385 g/mol. The van der Waals surface area contributed by atoms with Crippen molar-refractivity contribution in [2.45, 2.75) is 18.9 Å². The normalized spacial score (nSPS) is 12.8. The summed E-state index contributed by atoms with van der Waals surface area (Å²) in [5.74, 6) is 0.645. The molecule has 0 aliphatic rings. The van der Waals surface area contributed by atoms with Crippen molar-refractivity contribution in [2.75, 3.05) is 0 Å². The molecule has 0 unspecified atom stereocenters. The van der Waals surface area contributed by atoms with Gasteiger partial charge in [0.1, 0.15) is 0 Å². The summed E-state index contributed by atoms with van der Waals surface area (Å²) in [7, 11) is 0. The maximum absolute atomic E-state index is 12.8. The molecule has 2 aromatic carbocycles. The maximum atomic E-state index is 12.8. The Balaban J connectivity index is 2.05. The number of nitrogens with two attached hydrogens (primary N) is 1. The lowest BCUT2D eigenvalue weighted by Gasteiger charge is -2.12. The van der Waals surface area contributed by atoms with Crippen LogP contribution in [-0.4, -0.2) is 11.4 Å². The third-order valence-electron chi connectivity index (χ3n) is 3.30. The highest BCUT2D eigenvalue weighted by Crippen LogP contribution is 2.35. The van der Waals surface area contributed by atoms with E-state index in [1.807, 2.05) is 30.3 Å². The summed E-state index contributed by atoms with van der Waals surface area (Å²) in [5, 5.41) is 7.86. The predicted octanol–water partition coefficient (Wildman–Crippen LogP) is 5.25. The highest BCUT2D eigenvalue weighted by molar-refractivity contribution is 8.13. The number of alkyl halides is 3. The molecule has 0 bridgehead atoms. The lowest BCUT2D eigenvalue weighted by molar-refractivity contribution is -0.138. The molecular formula is C17H15ClF3N3S. The SMILES string of the molecule is Cc1c(C(F)(F)F)ccc(C=NN=C(N)SCc2ccccc2)c1Cl. The van der Waals surface area contributed by atoms with Gasteiger partial charge < -0.3 is 5.73 Å². The third kappa shape index (κ3) is 5.51. The van der Waals surface area contributed by atoms with Crippen LogP contribution in [-0.2, 0) is 11.9 Å². The number of hydrogen-bond acceptors (Lipinski definition) is 3. The van der Waals surface area contributed by atoms with E-state index in [9.17, 15) is 13.2 Å². The van der Waals surface area contributed by atoms with E-state index < -0.39 is 11.7 Å². The number of amidine groups is 1. The Labute approximate surface area is 152 Å². The van der Waals surface area contributed by atoms with Crippen LogP contribution in [0.15, 0.2) is 52.7 Å². The van der Waals surface area contributed by atoms with Crippen molar-refractivity contribution in [2.24, 2.45) is 15.9 Å². The minimum atomic E-state index is -4.44. The summed E-state index contributed by atoms with van der Waals surface area (Å²) in [6, 6.07) is 11.9. The molecule has 0 radical (unpaired) electrons. The Morgan fingerprint density at radius 1 is 1.20 bits per heavy atom. The van der Waals surface area contributed by atoms with Gasteiger partial charge in [-0.1, -0.05) is 59.8 Å². The fraction of sp³-hybridized carbons (Fsp3) is 0.176. The molecule has 0 atom stereocenters. The molecule has 0 fully saturated rings. The highest BCUT2D eigenvalue weighted by Gasteiger charge is 2.33. The van der Waals surface area contributed by atoms with Gasteiger partial charge in [0.15, 0.2) is 5.17 Å². The molecule has 0 aliphatic heterocycles. The molecule has 0 saturated heterocycles. The summed E-state index contributed by atoms with van der Waals surface area (Å²) in [4.78, 5) is 0. The van der Waals surface area contributed by atoms with Crippen molar-refractivity contribution in [1.82, 2.24) is 0 Å². The quantitative estimate of drug-likeness (QED) is 0.444. The first-order valence-corrected chi connectivity index (χ1v) is 8.55. The van der Waals surface area contributed by atoms with Crippen LogP contribution in [0, 0.1) is 6.92 Å². The van der Waals surface area contributed by atoms with Gasteiger partial charge in [-0.25, -0.2) is 0 Å². The third-order valence-corrected chi connectivity index (χ3v) is 4.66. The Bertz CT molecular complexity index is 790. The standard InChI is InChI=1S/C17H15ClF3N3S/c1-11-14(17(19,20)21)8-7-13(15(11)18)9-23-24-16(22)25-10-12-5-3-2-4-6-12/h2-9H,10H2,1H3,(H2,22,24). The fourth-order valence-corrected chi connectivity index (χ4v) is 2.85. The minimum Gasteiger partial charge on any atom is -0.377 e. The van der Waals surface area contributed by atoms with Crippen molar-refractivity contribution in [3.63, 3.8) is 0 Å². The maximum Gasteiger partial charge on any atom is 0.416 e. The minimum absolute atomic E-state index is 0.00992. The first kappa shape index (κ1) is 19.3. The van der Waals surface area contributed by atoms with Gasteiger partial charge in [-0.15, -0.1) is 5.10 Å². The average molecular weight is 386 g/mol. The van der Waals surface area contributed by atoms with E-state index in [2.05, 4.69) is 10.2 Å². The van der Waals surface area contributed by atoms with Gasteiger partial charge in [-0.3, -0.25) is 0 Å². The van der Waals surface area contributed by atoms with Crippen LogP contribution in [0.2, 0.25) is 5.02 Å². The predicted molar refractivity (Wildman–Crippen MR) is 98.1 cm³/mol. The number of halogens is 4. The summed E-state index contributed by atoms with van der Waals surface area (Å²) in [6.45, 7) is 1.32. The molecule has 0 saturated carbocycles. The van der Waals surface area contributed by atoms with Crippen LogP contribution >= 0.6 is 23.4 Å². The molecule has 2 N–H and O–H groups in total. The Morgan fingerprint density at radius 3 is 2.52 bits per heavy atom. The molecule has 2 rings (SSSR count). The van der Waals surface area contributed by atoms with Crippen molar-refractivity contribution >= 4 is 34.7 Å². The topological polar surface area (TPSA) is 50.7 Å². The molecule has 25 heavy (non-hydrogen) atoms.